The number of esters is 1. The molecular formula is C20H36O6. The van der Waals surface area contributed by atoms with E-state index in [1.54, 1.807) is 6.92 Å². The highest BCUT2D eigenvalue weighted by Gasteiger charge is 2.22. The topological polar surface area (TPSA) is 74.2 Å². The molecule has 0 saturated heterocycles. The summed E-state index contributed by atoms with van der Waals surface area (Å²) in [5.74, 6) is -0.403. The summed E-state index contributed by atoms with van der Waals surface area (Å²) in [6, 6.07) is 9.22. The molecular weight excluding hydrogens is 336 g/mol. The first-order chi connectivity index (χ1) is 12.8. The summed E-state index contributed by atoms with van der Waals surface area (Å²) in [6.45, 7) is 11.8. The fraction of sp³-hybridized carbons (Fsp3) is 0.650. The van der Waals surface area contributed by atoms with Crippen molar-refractivity contribution >= 4 is 5.97 Å². The molecule has 6 nitrogen and oxygen atoms in total. The third-order valence-corrected chi connectivity index (χ3v) is 2.72. The molecule has 0 aliphatic rings. The van der Waals surface area contributed by atoms with Crippen LogP contribution in [0.5, 0.6) is 0 Å². The lowest BCUT2D eigenvalue weighted by Gasteiger charge is -2.17. The van der Waals surface area contributed by atoms with Crippen LogP contribution in [-0.4, -0.2) is 57.3 Å². The van der Waals surface area contributed by atoms with Crippen molar-refractivity contribution < 1.29 is 28.8 Å². The summed E-state index contributed by atoms with van der Waals surface area (Å²) in [6.07, 6.45) is -0.740. The maximum absolute atomic E-state index is 12.0. The maximum Gasteiger partial charge on any atom is 0.339 e. The van der Waals surface area contributed by atoms with Gasteiger partial charge in [0.15, 0.2) is 6.10 Å². The fourth-order valence-corrected chi connectivity index (χ4v) is 1.76. The average molecular weight is 373 g/mol. The minimum atomic E-state index is -0.740. The van der Waals surface area contributed by atoms with Crippen LogP contribution in [0.3, 0.4) is 0 Å². The number of hydrogen-bond acceptors (Lipinski definition) is 6. The predicted octanol–water partition coefficient (Wildman–Crippen LogP) is 3.39. The molecule has 0 saturated carbocycles. The second-order valence-corrected chi connectivity index (χ2v) is 4.36. The Kier molecular flexibility index (Phi) is 22.2. The van der Waals surface area contributed by atoms with E-state index in [0.29, 0.717) is 33.0 Å². The van der Waals surface area contributed by atoms with E-state index in [9.17, 15) is 4.79 Å². The zero-order valence-corrected chi connectivity index (χ0v) is 16.9. The Morgan fingerprint density at radius 3 is 2.00 bits per heavy atom. The standard InChI is InChI=1S/C16H24O6.2C2H6/c1-2-21-16(18)15(14-6-4-3-5-7-14)22-13-12-20-11-10-19-9-8-17;2*1-2/h3-7,15,17H,2,8-13H2,1H3;2*1-2H3. The fourth-order valence-electron chi connectivity index (χ4n) is 1.76. The second kappa shape index (κ2) is 21.6. The number of rotatable bonds is 12. The monoisotopic (exact) mass is 372 g/mol. The van der Waals surface area contributed by atoms with Crippen molar-refractivity contribution in [1.29, 1.82) is 0 Å². The van der Waals surface area contributed by atoms with Crippen LogP contribution in [0.4, 0.5) is 0 Å². The maximum atomic E-state index is 12.0. The van der Waals surface area contributed by atoms with E-state index in [1.165, 1.54) is 0 Å². The van der Waals surface area contributed by atoms with Crippen molar-refractivity contribution in [3.8, 4) is 0 Å². The lowest BCUT2D eigenvalue weighted by Crippen LogP contribution is -2.21. The molecule has 1 unspecified atom stereocenters. The summed E-state index contributed by atoms with van der Waals surface area (Å²) in [7, 11) is 0. The van der Waals surface area contributed by atoms with E-state index < -0.39 is 12.1 Å². The van der Waals surface area contributed by atoms with E-state index >= 15 is 0 Å². The van der Waals surface area contributed by atoms with Crippen LogP contribution >= 0.6 is 0 Å². The van der Waals surface area contributed by atoms with E-state index in [2.05, 4.69) is 0 Å². The first kappa shape index (κ1) is 26.8. The summed E-state index contributed by atoms with van der Waals surface area (Å²) < 4.78 is 21.0. The van der Waals surface area contributed by atoms with Crippen LogP contribution in [0, 0.1) is 0 Å². The highest BCUT2D eigenvalue weighted by atomic mass is 16.6. The summed E-state index contributed by atoms with van der Waals surface area (Å²) >= 11 is 0. The quantitative estimate of drug-likeness (QED) is 0.448. The first-order valence-electron chi connectivity index (χ1n) is 9.39. The largest absolute Gasteiger partial charge is 0.464 e. The Bertz CT molecular complexity index is 397. The normalized spacial score (nSPS) is 10.7. The molecule has 1 aromatic carbocycles. The zero-order chi connectivity index (χ0) is 20.0. The van der Waals surface area contributed by atoms with Crippen LogP contribution < -0.4 is 0 Å². The third kappa shape index (κ3) is 13.8. The molecule has 1 atom stereocenters. The Morgan fingerprint density at radius 2 is 1.46 bits per heavy atom. The van der Waals surface area contributed by atoms with Crippen LogP contribution in [0.1, 0.15) is 46.3 Å². The van der Waals surface area contributed by atoms with Crippen molar-refractivity contribution in [1.82, 2.24) is 0 Å². The minimum absolute atomic E-state index is 0.00140. The van der Waals surface area contributed by atoms with Gasteiger partial charge in [0, 0.05) is 0 Å². The average Bonchev–Trinajstić information content (AvgIpc) is 2.71. The highest BCUT2D eigenvalue weighted by molar-refractivity contribution is 5.76. The Morgan fingerprint density at radius 1 is 0.923 bits per heavy atom. The molecule has 0 aliphatic carbocycles. The van der Waals surface area contributed by atoms with Crippen molar-refractivity contribution in [2.45, 2.75) is 40.7 Å². The molecule has 0 aliphatic heterocycles. The SMILES string of the molecule is CC.CC.CCOC(=O)C(OCCOCCOCCO)c1ccccc1. The Hall–Kier alpha value is -1.47. The molecule has 26 heavy (non-hydrogen) atoms. The molecule has 0 radical (unpaired) electrons. The van der Waals surface area contributed by atoms with Gasteiger partial charge in [0.1, 0.15) is 0 Å². The summed E-state index contributed by atoms with van der Waals surface area (Å²) in [5, 5.41) is 8.54. The second-order valence-electron chi connectivity index (χ2n) is 4.36. The summed E-state index contributed by atoms with van der Waals surface area (Å²) in [4.78, 5) is 12.0. The molecule has 0 spiro atoms. The van der Waals surface area contributed by atoms with Gasteiger partial charge in [-0.2, -0.15) is 0 Å². The van der Waals surface area contributed by atoms with E-state index in [-0.39, 0.29) is 13.2 Å². The molecule has 0 amide bonds. The third-order valence-electron chi connectivity index (χ3n) is 2.72. The molecule has 0 fully saturated rings. The summed E-state index contributed by atoms with van der Waals surface area (Å²) in [5.41, 5.74) is 0.757. The lowest BCUT2D eigenvalue weighted by molar-refractivity contribution is -0.158. The number of ether oxygens (including phenoxy) is 4. The van der Waals surface area contributed by atoms with Gasteiger partial charge in [0.2, 0.25) is 0 Å². The molecule has 152 valence electrons. The molecule has 0 aromatic heterocycles. The molecule has 0 heterocycles. The van der Waals surface area contributed by atoms with E-state index in [0.717, 1.165) is 5.56 Å². The van der Waals surface area contributed by atoms with Gasteiger partial charge in [-0.05, 0) is 12.5 Å². The number of hydrogen-bond donors (Lipinski definition) is 1. The van der Waals surface area contributed by atoms with Gasteiger partial charge in [0.05, 0.1) is 46.2 Å². The van der Waals surface area contributed by atoms with Gasteiger partial charge in [0.25, 0.3) is 0 Å². The molecule has 0 bridgehead atoms. The lowest BCUT2D eigenvalue weighted by atomic mass is 10.1. The first-order valence-corrected chi connectivity index (χ1v) is 9.39. The smallest absolute Gasteiger partial charge is 0.339 e. The Balaban J connectivity index is 0. The Labute approximate surface area is 158 Å². The number of carbonyl (C=O) groups is 1. The van der Waals surface area contributed by atoms with Crippen molar-refractivity contribution in [3.05, 3.63) is 35.9 Å². The van der Waals surface area contributed by atoms with Gasteiger partial charge in [-0.3, -0.25) is 0 Å². The number of aliphatic hydroxyl groups excluding tert-OH is 1. The zero-order valence-electron chi connectivity index (χ0n) is 16.9. The van der Waals surface area contributed by atoms with Crippen LogP contribution in [0.2, 0.25) is 0 Å². The predicted molar refractivity (Wildman–Crippen MR) is 103 cm³/mol. The van der Waals surface area contributed by atoms with Crippen LogP contribution in [0.15, 0.2) is 30.3 Å². The van der Waals surface area contributed by atoms with Gasteiger partial charge in [-0.15, -0.1) is 0 Å². The number of carbonyl (C=O) groups excluding carboxylic acids is 1. The minimum Gasteiger partial charge on any atom is -0.464 e. The highest BCUT2D eigenvalue weighted by Crippen LogP contribution is 2.18. The number of benzene rings is 1. The molecule has 1 N–H and O–H groups in total. The van der Waals surface area contributed by atoms with E-state index in [4.69, 9.17) is 24.1 Å². The molecule has 1 aromatic rings. The molecule has 6 heteroatoms. The van der Waals surface area contributed by atoms with Crippen molar-refractivity contribution in [2.24, 2.45) is 0 Å². The molecule has 1 rings (SSSR count). The van der Waals surface area contributed by atoms with Crippen LogP contribution in [0.25, 0.3) is 0 Å². The van der Waals surface area contributed by atoms with Crippen molar-refractivity contribution in [3.63, 3.8) is 0 Å². The van der Waals surface area contributed by atoms with Gasteiger partial charge < -0.3 is 24.1 Å². The van der Waals surface area contributed by atoms with E-state index in [1.807, 2.05) is 58.0 Å². The van der Waals surface area contributed by atoms with Gasteiger partial charge in [-0.25, -0.2) is 4.79 Å². The number of aliphatic hydroxyl groups is 1. The van der Waals surface area contributed by atoms with Crippen LogP contribution in [-0.2, 0) is 23.7 Å². The van der Waals surface area contributed by atoms with Gasteiger partial charge in [-0.1, -0.05) is 58.0 Å². The van der Waals surface area contributed by atoms with Crippen molar-refractivity contribution in [2.75, 3.05) is 46.2 Å². The van der Waals surface area contributed by atoms with Gasteiger partial charge >= 0.3 is 5.97 Å².